The number of halogens is 1. The quantitative estimate of drug-likeness (QED) is 0.548. The summed E-state index contributed by atoms with van der Waals surface area (Å²) in [5.41, 5.74) is 6.13. The molecule has 0 aromatic heterocycles. The van der Waals surface area contributed by atoms with Gasteiger partial charge < -0.3 is 5.11 Å². The van der Waals surface area contributed by atoms with Crippen molar-refractivity contribution in [3.8, 4) is 22.3 Å². The number of aliphatic hydroxyl groups is 1. The van der Waals surface area contributed by atoms with E-state index in [0.29, 0.717) is 0 Å². The fourth-order valence-corrected chi connectivity index (χ4v) is 2.93. The van der Waals surface area contributed by atoms with Gasteiger partial charge in [0.2, 0.25) is 0 Å². The molecule has 24 heavy (non-hydrogen) atoms. The molecule has 0 radical (unpaired) electrons. The van der Waals surface area contributed by atoms with Crippen LogP contribution in [-0.2, 0) is 6.42 Å². The fraction of sp³-hybridized carbons (Fsp3) is 0.182. The fourth-order valence-electron chi connectivity index (χ4n) is 2.80. The van der Waals surface area contributed by atoms with E-state index in [0.717, 1.165) is 24.3 Å². The van der Waals surface area contributed by atoms with Crippen molar-refractivity contribution in [3.05, 3.63) is 83.4 Å². The van der Waals surface area contributed by atoms with Crippen molar-refractivity contribution in [2.75, 3.05) is 6.61 Å². The van der Waals surface area contributed by atoms with Gasteiger partial charge in [-0.3, -0.25) is 0 Å². The zero-order valence-corrected chi connectivity index (χ0v) is 14.3. The number of aliphatic hydroxyl groups excluding tert-OH is 1. The molecular formula is C22H21ClO. The lowest BCUT2D eigenvalue weighted by Gasteiger charge is -2.07. The van der Waals surface area contributed by atoms with E-state index in [1.54, 1.807) is 0 Å². The molecule has 0 heterocycles. The van der Waals surface area contributed by atoms with Gasteiger partial charge in [0.15, 0.2) is 0 Å². The molecular weight excluding hydrogens is 316 g/mol. The van der Waals surface area contributed by atoms with E-state index in [-0.39, 0.29) is 6.61 Å². The third-order valence-corrected chi connectivity index (χ3v) is 4.48. The van der Waals surface area contributed by atoms with Crippen molar-refractivity contribution >= 4 is 11.6 Å². The van der Waals surface area contributed by atoms with Crippen molar-refractivity contribution in [1.82, 2.24) is 0 Å². The normalized spacial score (nSPS) is 10.8. The van der Waals surface area contributed by atoms with E-state index < -0.39 is 0 Å². The Balaban J connectivity index is 1.72. The third-order valence-electron chi connectivity index (χ3n) is 4.22. The molecule has 0 atom stereocenters. The molecule has 0 aliphatic rings. The van der Waals surface area contributed by atoms with Crippen molar-refractivity contribution in [2.45, 2.75) is 19.3 Å². The first kappa shape index (κ1) is 16.8. The van der Waals surface area contributed by atoms with Crippen LogP contribution in [0.2, 0.25) is 5.02 Å². The molecule has 3 rings (SSSR count). The van der Waals surface area contributed by atoms with E-state index in [1.807, 2.05) is 24.3 Å². The summed E-state index contributed by atoms with van der Waals surface area (Å²) < 4.78 is 0. The van der Waals surface area contributed by atoms with Crippen LogP contribution in [0.5, 0.6) is 0 Å². The Kier molecular flexibility index (Phi) is 5.68. The summed E-state index contributed by atoms with van der Waals surface area (Å²) in [6.45, 7) is 0.276. The smallest absolute Gasteiger partial charge is 0.0431 e. The Morgan fingerprint density at radius 2 is 1.00 bits per heavy atom. The van der Waals surface area contributed by atoms with Gasteiger partial charge in [0.1, 0.15) is 0 Å². The second-order valence-corrected chi connectivity index (χ2v) is 6.40. The van der Waals surface area contributed by atoms with Gasteiger partial charge in [0.05, 0.1) is 0 Å². The largest absolute Gasteiger partial charge is 0.396 e. The standard InChI is InChI=1S/C22H21ClO/c23-22-14-12-21(13-15-22)20-10-8-19(9-11-20)18-6-4-17(5-7-18)3-1-2-16-24/h4-15,24H,1-3,16H2. The Morgan fingerprint density at radius 1 is 0.583 bits per heavy atom. The van der Waals surface area contributed by atoms with Crippen molar-refractivity contribution < 1.29 is 5.11 Å². The first-order valence-electron chi connectivity index (χ1n) is 8.32. The van der Waals surface area contributed by atoms with Crippen LogP contribution in [0.1, 0.15) is 18.4 Å². The molecule has 0 bridgehead atoms. The summed E-state index contributed by atoms with van der Waals surface area (Å²) in [4.78, 5) is 0. The molecule has 0 aliphatic heterocycles. The van der Waals surface area contributed by atoms with Gasteiger partial charge in [-0.05, 0) is 59.2 Å². The van der Waals surface area contributed by atoms with Crippen molar-refractivity contribution in [1.29, 1.82) is 0 Å². The average Bonchev–Trinajstić information content (AvgIpc) is 2.63. The molecule has 0 aliphatic carbocycles. The summed E-state index contributed by atoms with van der Waals surface area (Å²) in [5.74, 6) is 0. The Hall–Kier alpha value is -2.09. The highest BCUT2D eigenvalue weighted by Gasteiger charge is 2.01. The Morgan fingerprint density at radius 3 is 1.46 bits per heavy atom. The second-order valence-electron chi connectivity index (χ2n) is 5.96. The SMILES string of the molecule is OCCCCc1ccc(-c2ccc(-c3ccc(Cl)cc3)cc2)cc1. The number of hydrogen-bond acceptors (Lipinski definition) is 1. The predicted octanol–water partition coefficient (Wildman–Crippen LogP) is 5.99. The topological polar surface area (TPSA) is 20.2 Å². The van der Waals surface area contributed by atoms with Crippen LogP contribution in [-0.4, -0.2) is 11.7 Å². The molecule has 0 saturated heterocycles. The first-order valence-corrected chi connectivity index (χ1v) is 8.70. The Bertz CT molecular complexity index is 759. The average molecular weight is 337 g/mol. The number of benzene rings is 3. The van der Waals surface area contributed by atoms with Crippen LogP contribution < -0.4 is 0 Å². The predicted molar refractivity (Wildman–Crippen MR) is 102 cm³/mol. The third kappa shape index (κ3) is 4.25. The highest BCUT2D eigenvalue weighted by Crippen LogP contribution is 2.26. The van der Waals surface area contributed by atoms with Gasteiger partial charge in [-0.25, -0.2) is 0 Å². The number of rotatable bonds is 6. The lowest BCUT2D eigenvalue weighted by Crippen LogP contribution is -1.88. The van der Waals surface area contributed by atoms with Crippen molar-refractivity contribution in [2.24, 2.45) is 0 Å². The highest BCUT2D eigenvalue weighted by molar-refractivity contribution is 6.30. The van der Waals surface area contributed by atoms with E-state index in [4.69, 9.17) is 16.7 Å². The molecule has 3 aromatic carbocycles. The van der Waals surface area contributed by atoms with Gasteiger partial charge in [0, 0.05) is 11.6 Å². The summed E-state index contributed by atoms with van der Waals surface area (Å²) in [5, 5.41) is 9.61. The van der Waals surface area contributed by atoms with Gasteiger partial charge in [0.25, 0.3) is 0 Å². The maximum atomic E-state index is 8.85. The lowest BCUT2D eigenvalue weighted by molar-refractivity contribution is 0.284. The minimum atomic E-state index is 0.276. The monoisotopic (exact) mass is 336 g/mol. The van der Waals surface area contributed by atoms with Crippen LogP contribution in [0, 0.1) is 0 Å². The van der Waals surface area contributed by atoms with E-state index in [1.165, 1.54) is 27.8 Å². The molecule has 3 aromatic rings. The van der Waals surface area contributed by atoms with Gasteiger partial charge in [-0.1, -0.05) is 72.3 Å². The first-order chi connectivity index (χ1) is 11.8. The minimum absolute atomic E-state index is 0.276. The molecule has 1 N–H and O–H groups in total. The van der Waals surface area contributed by atoms with E-state index in [9.17, 15) is 0 Å². The van der Waals surface area contributed by atoms with Crippen LogP contribution >= 0.6 is 11.6 Å². The van der Waals surface area contributed by atoms with Gasteiger partial charge in [-0.15, -0.1) is 0 Å². The molecule has 0 amide bonds. The molecule has 2 heteroatoms. The molecule has 0 fully saturated rings. The van der Waals surface area contributed by atoms with Crippen LogP contribution in [0.15, 0.2) is 72.8 Å². The van der Waals surface area contributed by atoms with Gasteiger partial charge >= 0.3 is 0 Å². The maximum Gasteiger partial charge on any atom is 0.0431 e. The lowest BCUT2D eigenvalue weighted by atomic mass is 9.99. The van der Waals surface area contributed by atoms with Crippen molar-refractivity contribution in [3.63, 3.8) is 0 Å². The highest BCUT2D eigenvalue weighted by atomic mass is 35.5. The summed E-state index contributed by atoms with van der Waals surface area (Å²) in [7, 11) is 0. The Labute approximate surface area is 148 Å². The minimum Gasteiger partial charge on any atom is -0.396 e. The van der Waals surface area contributed by atoms with E-state index in [2.05, 4.69) is 48.5 Å². The molecule has 0 spiro atoms. The summed E-state index contributed by atoms with van der Waals surface area (Å²) >= 11 is 5.94. The molecule has 1 nitrogen and oxygen atoms in total. The maximum absolute atomic E-state index is 8.85. The number of hydrogen-bond donors (Lipinski definition) is 1. The van der Waals surface area contributed by atoms with Crippen LogP contribution in [0.4, 0.5) is 0 Å². The summed E-state index contributed by atoms with van der Waals surface area (Å²) in [6, 6.07) is 25.2. The molecule has 0 saturated carbocycles. The number of aryl methyl sites for hydroxylation is 1. The molecule has 122 valence electrons. The zero-order valence-electron chi connectivity index (χ0n) is 13.6. The van der Waals surface area contributed by atoms with Gasteiger partial charge in [-0.2, -0.15) is 0 Å². The zero-order chi connectivity index (χ0) is 16.8. The van der Waals surface area contributed by atoms with Crippen LogP contribution in [0.3, 0.4) is 0 Å². The van der Waals surface area contributed by atoms with Crippen LogP contribution in [0.25, 0.3) is 22.3 Å². The second kappa shape index (κ2) is 8.14. The summed E-state index contributed by atoms with van der Waals surface area (Å²) in [6.07, 6.45) is 2.93. The number of unbranched alkanes of at least 4 members (excludes halogenated alkanes) is 1. The molecule has 0 unspecified atom stereocenters. The van der Waals surface area contributed by atoms with E-state index >= 15 is 0 Å².